The number of rotatable bonds is 3. The normalized spacial score (nSPS) is 11.2. The van der Waals surface area contributed by atoms with E-state index in [1.807, 2.05) is 14.1 Å². The van der Waals surface area contributed by atoms with Crippen molar-refractivity contribution < 1.29 is 5.11 Å². The predicted molar refractivity (Wildman–Crippen MR) is 45.8 cm³/mol. The summed E-state index contributed by atoms with van der Waals surface area (Å²) in [5.74, 6) is 0. The van der Waals surface area contributed by atoms with E-state index in [4.69, 9.17) is 5.11 Å². The third-order valence-corrected chi connectivity index (χ3v) is 0.772. The van der Waals surface area contributed by atoms with E-state index in [1.54, 1.807) is 6.08 Å². The summed E-state index contributed by atoms with van der Waals surface area (Å²) in [6.45, 7) is 6.97. The van der Waals surface area contributed by atoms with Gasteiger partial charge in [-0.15, -0.1) is 6.58 Å². The molecule has 10 heavy (non-hydrogen) atoms. The van der Waals surface area contributed by atoms with E-state index in [-0.39, 0.29) is 6.10 Å². The summed E-state index contributed by atoms with van der Waals surface area (Å²) in [5.41, 5.74) is 0. The molecule has 0 saturated carbocycles. The van der Waals surface area contributed by atoms with Crippen molar-refractivity contribution in [2.24, 2.45) is 0 Å². The third-order valence-electron chi connectivity index (χ3n) is 0.772. The second kappa shape index (κ2) is 11.5. The lowest BCUT2D eigenvalue weighted by Gasteiger charge is -1.99. The highest BCUT2D eigenvalue weighted by Crippen LogP contribution is 1.94. The molecule has 1 atom stereocenters. The Morgan fingerprint density at radius 3 is 2.10 bits per heavy atom. The van der Waals surface area contributed by atoms with Gasteiger partial charge in [0, 0.05) is 0 Å². The topological polar surface area (TPSA) is 32.3 Å². The second-order valence-electron chi connectivity index (χ2n) is 1.97. The van der Waals surface area contributed by atoms with Gasteiger partial charge in [-0.3, -0.25) is 0 Å². The molecule has 1 radical (unpaired) electrons. The molecular formula is C8H18NO. The van der Waals surface area contributed by atoms with Gasteiger partial charge in [-0.1, -0.05) is 13.0 Å². The van der Waals surface area contributed by atoms with Gasteiger partial charge in [0.05, 0.1) is 6.10 Å². The van der Waals surface area contributed by atoms with Crippen LogP contribution in [0.25, 0.3) is 0 Å². The van der Waals surface area contributed by atoms with Gasteiger partial charge >= 0.3 is 0 Å². The van der Waals surface area contributed by atoms with Crippen molar-refractivity contribution in [3.8, 4) is 0 Å². The lowest BCUT2D eigenvalue weighted by molar-refractivity contribution is 0.181. The van der Waals surface area contributed by atoms with Crippen LogP contribution in [0.4, 0.5) is 0 Å². The summed E-state index contributed by atoms with van der Waals surface area (Å²) < 4.78 is 0. The van der Waals surface area contributed by atoms with Crippen LogP contribution in [0.3, 0.4) is 0 Å². The minimum absolute atomic E-state index is 0.280. The average molecular weight is 144 g/mol. The summed E-state index contributed by atoms with van der Waals surface area (Å²) in [6, 6.07) is 0. The first kappa shape index (κ1) is 12.3. The summed E-state index contributed by atoms with van der Waals surface area (Å²) in [5, 5.41) is 11.5. The van der Waals surface area contributed by atoms with Crippen LogP contribution in [0.5, 0.6) is 0 Å². The molecule has 0 aliphatic heterocycles. The minimum Gasteiger partial charge on any atom is -0.393 e. The molecule has 0 aromatic heterocycles. The molecule has 0 aliphatic carbocycles. The van der Waals surface area contributed by atoms with Crippen LogP contribution in [-0.4, -0.2) is 25.3 Å². The Labute approximate surface area is 64.0 Å². The average Bonchev–Trinajstić information content (AvgIpc) is 1.90. The Morgan fingerprint density at radius 1 is 1.60 bits per heavy atom. The molecule has 0 amide bonds. The number of hydrogen-bond acceptors (Lipinski definition) is 2. The van der Waals surface area contributed by atoms with Crippen molar-refractivity contribution in [3.05, 3.63) is 19.6 Å². The zero-order chi connectivity index (χ0) is 8.41. The molecule has 0 bridgehead atoms. The fourth-order valence-corrected chi connectivity index (χ4v) is 0.310. The molecule has 2 N–H and O–H groups in total. The summed E-state index contributed by atoms with van der Waals surface area (Å²) in [4.78, 5) is 0. The third kappa shape index (κ3) is 15.6. The fraction of sp³-hybridized carbons (Fsp3) is 0.625. The first-order valence-corrected chi connectivity index (χ1v) is 3.39. The zero-order valence-electron chi connectivity index (χ0n) is 6.93. The highest BCUT2D eigenvalue weighted by molar-refractivity contribution is 4.72. The van der Waals surface area contributed by atoms with E-state index in [0.29, 0.717) is 12.8 Å². The van der Waals surface area contributed by atoms with Crippen molar-refractivity contribution in [1.29, 1.82) is 0 Å². The van der Waals surface area contributed by atoms with E-state index in [0.717, 1.165) is 0 Å². The summed E-state index contributed by atoms with van der Waals surface area (Å²) in [7, 11) is 3.75. The van der Waals surface area contributed by atoms with E-state index >= 15 is 0 Å². The van der Waals surface area contributed by atoms with Crippen molar-refractivity contribution in [3.63, 3.8) is 0 Å². The van der Waals surface area contributed by atoms with Gasteiger partial charge in [0.15, 0.2) is 0 Å². The molecule has 0 aromatic rings. The molecular weight excluding hydrogens is 126 g/mol. The monoisotopic (exact) mass is 144 g/mol. The summed E-state index contributed by atoms with van der Waals surface area (Å²) in [6.07, 6.45) is 2.64. The molecule has 2 nitrogen and oxygen atoms in total. The molecule has 0 fully saturated rings. The van der Waals surface area contributed by atoms with Crippen LogP contribution < -0.4 is 5.32 Å². The Morgan fingerprint density at radius 2 is 2.00 bits per heavy atom. The number of aliphatic hydroxyl groups is 1. The number of aliphatic hydroxyl groups excluding tert-OH is 1. The Bertz CT molecular complexity index is 64.3. The zero-order valence-corrected chi connectivity index (χ0v) is 6.93. The van der Waals surface area contributed by atoms with Crippen LogP contribution in [0, 0.1) is 6.92 Å². The van der Waals surface area contributed by atoms with Crippen molar-refractivity contribution in [2.45, 2.75) is 18.9 Å². The van der Waals surface area contributed by atoms with Gasteiger partial charge in [-0.25, -0.2) is 0 Å². The van der Waals surface area contributed by atoms with Crippen molar-refractivity contribution in [2.75, 3.05) is 14.1 Å². The van der Waals surface area contributed by atoms with Crippen LogP contribution in [-0.2, 0) is 0 Å². The maximum atomic E-state index is 8.72. The smallest absolute Gasteiger partial charge is 0.0574 e. The Hall–Kier alpha value is -0.340. The number of hydrogen-bond donors (Lipinski definition) is 2. The fourth-order valence-electron chi connectivity index (χ4n) is 0.310. The second-order valence-corrected chi connectivity index (χ2v) is 1.97. The predicted octanol–water partition coefficient (Wildman–Crippen LogP) is 0.983. The minimum atomic E-state index is -0.280. The van der Waals surface area contributed by atoms with Gasteiger partial charge in [-0.2, -0.15) is 0 Å². The van der Waals surface area contributed by atoms with Crippen LogP contribution in [0.15, 0.2) is 12.7 Å². The van der Waals surface area contributed by atoms with Crippen LogP contribution in [0.2, 0.25) is 0 Å². The standard InChI is InChI=1S/C6H11O.C2H7N/c1-3-5-6(7)4-2;1-3-2/h3,6-7H,1-2,4-5H2;3H,1-2H3. The lowest BCUT2D eigenvalue weighted by Crippen LogP contribution is -2.00. The quantitative estimate of drug-likeness (QED) is 0.579. The maximum Gasteiger partial charge on any atom is 0.0574 e. The van der Waals surface area contributed by atoms with E-state index < -0.39 is 0 Å². The van der Waals surface area contributed by atoms with Gasteiger partial charge < -0.3 is 10.4 Å². The van der Waals surface area contributed by atoms with Gasteiger partial charge in [-0.05, 0) is 26.9 Å². The SMILES string of the molecule is CNC.[CH2]CC(O)CC=C. The lowest BCUT2D eigenvalue weighted by atomic mass is 10.2. The molecule has 0 spiro atoms. The molecule has 0 aliphatic rings. The van der Waals surface area contributed by atoms with Crippen LogP contribution >= 0.6 is 0 Å². The van der Waals surface area contributed by atoms with E-state index in [1.165, 1.54) is 0 Å². The largest absolute Gasteiger partial charge is 0.393 e. The van der Waals surface area contributed by atoms with E-state index in [9.17, 15) is 0 Å². The first-order valence-electron chi connectivity index (χ1n) is 3.39. The molecule has 2 heteroatoms. The first-order chi connectivity index (χ1) is 4.72. The highest BCUT2D eigenvalue weighted by atomic mass is 16.3. The molecule has 0 rings (SSSR count). The molecule has 0 saturated heterocycles. The van der Waals surface area contributed by atoms with Crippen LogP contribution in [0.1, 0.15) is 12.8 Å². The van der Waals surface area contributed by atoms with Crippen molar-refractivity contribution in [1.82, 2.24) is 5.32 Å². The Balaban J connectivity index is 0. The molecule has 0 heterocycles. The highest BCUT2D eigenvalue weighted by Gasteiger charge is 1.92. The summed E-state index contributed by atoms with van der Waals surface area (Å²) >= 11 is 0. The van der Waals surface area contributed by atoms with Gasteiger partial charge in [0.2, 0.25) is 0 Å². The molecule has 0 aromatic carbocycles. The Kier molecular flexibility index (Phi) is 14.1. The number of nitrogens with one attached hydrogen (secondary N) is 1. The van der Waals surface area contributed by atoms with Gasteiger partial charge in [0.1, 0.15) is 0 Å². The van der Waals surface area contributed by atoms with E-state index in [2.05, 4.69) is 18.8 Å². The molecule has 1 unspecified atom stereocenters. The van der Waals surface area contributed by atoms with Gasteiger partial charge in [0.25, 0.3) is 0 Å². The van der Waals surface area contributed by atoms with Crippen molar-refractivity contribution >= 4 is 0 Å². The maximum absolute atomic E-state index is 8.72. The molecule has 61 valence electrons.